The molecular formula is C13H11ClF3NO3. The highest BCUT2D eigenvalue weighted by atomic mass is 35.5. The van der Waals surface area contributed by atoms with Crippen molar-refractivity contribution in [3.8, 4) is 0 Å². The minimum absolute atomic E-state index is 0.375. The van der Waals surface area contributed by atoms with Crippen molar-refractivity contribution in [1.82, 2.24) is 5.32 Å². The first-order chi connectivity index (χ1) is 9.56. The topological polar surface area (TPSA) is 66.4 Å². The first kappa shape index (κ1) is 17.0. The van der Waals surface area contributed by atoms with Gasteiger partial charge in [0.15, 0.2) is 0 Å². The Morgan fingerprint density at radius 1 is 1.33 bits per heavy atom. The van der Waals surface area contributed by atoms with Crippen LogP contribution < -0.4 is 5.32 Å². The van der Waals surface area contributed by atoms with E-state index in [1.165, 1.54) is 17.5 Å². The predicted molar refractivity (Wildman–Crippen MR) is 70.7 cm³/mol. The van der Waals surface area contributed by atoms with Crippen LogP contribution in [0.5, 0.6) is 0 Å². The van der Waals surface area contributed by atoms with E-state index in [9.17, 15) is 22.8 Å². The molecule has 0 bridgehead atoms. The molecule has 0 fully saturated rings. The number of carbonyl (C=O) groups excluding carboxylic acids is 1. The molecule has 1 rings (SSSR count). The molecule has 1 aromatic carbocycles. The SMILES string of the molecule is CC(NC(=O)C=Cc1cccc(Cl)c1)(C(=O)O)C(F)(F)F. The van der Waals surface area contributed by atoms with Gasteiger partial charge in [0.1, 0.15) is 0 Å². The van der Waals surface area contributed by atoms with Gasteiger partial charge in [0, 0.05) is 11.1 Å². The van der Waals surface area contributed by atoms with Crippen LogP contribution in [-0.2, 0) is 9.59 Å². The van der Waals surface area contributed by atoms with E-state index < -0.39 is 23.6 Å². The Balaban J connectivity index is 2.87. The van der Waals surface area contributed by atoms with Gasteiger partial charge < -0.3 is 10.4 Å². The monoisotopic (exact) mass is 321 g/mol. The largest absolute Gasteiger partial charge is 0.479 e. The predicted octanol–water partition coefficient (Wildman–Crippen LogP) is 2.88. The van der Waals surface area contributed by atoms with Gasteiger partial charge >= 0.3 is 12.1 Å². The molecule has 4 nitrogen and oxygen atoms in total. The smallest absolute Gasteiger partial charge is 0.422 e. The lowest BCUT2D eigenvalue weighted by atomic mass is 10.0. The Morgan fingerprint density at radius 2 is 1.95 bits per heavy atom. The summed E-state index contributed by atoms with van der Waals surface area (Å²) < 4.78 is 38.1. The second-order valence-electron chi connectivity index (χ2n) is 4.31. The molecule has 0 aromatic heterocycles. The maximum absolute atomic E-state index is 12.7. The molecule has 0 spiro atoms. The van der Waals surface area contributed by atoms with Crippen LogP contribution >= 0.6 is 11.6 Å². The first-order valence-electron chi connectivity index (χ1n) is 5.62. The molecule has 1 atom stereocenters. The van der Waals surface area contributed by atoms with Gasteiger partial charge in [0.05, 0.1) is 0 Å². The zero-order valence-corrected chi connectivity index (χ0v) is 11.5. The summed E-state index contributed by atoms with van der Waals surface area (Å²) in [5.41, 5.74) is -2.87. The number of alkyl halides is 3. The van der Waals surface area contributed by atoms with E-state index in [1.54, 1.807) is 18.2 Å². The Bertz CT molecular complexity index is 586. The van der Waals surface area contributed by atoms with Gasteiger partial charge in [0.2, 0.25) is 11.4 Å². The maximum Gasteiger partial charge on any atom is 0.422 e. The Morgan fingerprint density at radius 3 is 2.43 bits per heavy atom. The zero-order valence-electron chi connectivity index (χ0n) is 10.7. The summed E-state index contributed by atoms with van der Waals surface area (Å²) in [6, 6.07) is 6.25. The summed E-state index contributed by atoms with van der Waals surface area (Å²) in [5, 5.41) is 10.5. The number of hydrogen-bond acceptors (Lipinski definition) is 2. The normalized spacial score (nSPS) is 14.7. The average Bonchev–Trinajstić information content (AvgIpc) is 2.34. The lowest BCUT2D eigenvalue weighted by Gasteiger charge is -2.27. The molecule has 2 N–H and O–H groups in total. The number of aliphatic carboxylic acids is 1. The van der Waals surface area contributed by atoms with Crippen molar-refractivity contribution in [2.45, 2.75) is 18.6 Å². The van der Waals surface area contributed by atoms with Gasteiger partial charge in [-0.05, 0) is 30.7 Å². The van der Waals surface area contributed by atoms with Crippen molar-refractivity contribution in [2.75, 3.05) is 0 Å². The summed E-state index contributed by atoms with van der Waals surface area (Å²) in [6.45, 7) is 0.375. The lowest BCUT2D eigenvalue weighted by Crippen LogP contribution is -2.61. The van der Waals surface area contributed by atoms with E-state index >= 15 is 0 Å². The van der Waals surface area contributed by atoms with Crippen LogP contribution in [0.4, 0.5) is 13.2 Å². The third kappa shape index (κ3) is 4.22. The summed E-state index contributed by atoms with van der Waals surface area (Å²) in [7, 11) is 0. The molecule has 8 heteroatoms. The van der Waals surface area contributed by atoms with Crippen LogP contribution in [0.25, 0.3) is 6.08 Å². The van der Waals surface area contributed by atoms with Crippen LogP contribution in [0.1, 0.15) is 12.5 Å². The van der Waals surface area contributed by atoms with E-state index in [2.05, 4.69) is 0 Å². The van der Waals surface area contributed by atoms with Gasteiger partial charge in [-0.15, -0.1) is 0 Å². The number of carboxylic acids is 1. The van der Waals surface area contributed by atoms with Gasteiger partial charge in [-0.2, -0.15) is 13.2 Å². The number of benzene rings is 1. The van der Waals surface area contributed by atoms with E-state index in [4.69, 9.17) is 16.7 Å². The Kier molecular flexibility index (Phi) is 5.01. The second-order valence-corrected chi connectivity index (χ2v) is 4.74. The standard InChI is InChI=1S/C13H11ClF3NO3/c1-12(11(20)21,13(15,16)17)18-10(19)6-5-8-3-2-4-9(14)7-8/h2-7H,1H3,(H,18,19)(H,20,21). The van der Waals surface area contributed by atoms with Crippen LogP contribution in [0.15, 0.2) is 30.3 Å². The molecule has 114 valence electrons. The van der Waals surface area contributed by atoms with Gasteiger partial charge in [-0.3, -0.25) is 4.79 Å². The number of halogens is 4. The highest BCUT2D eigenvalue weighted by Gasteiger charge is 2.58. The van der Waals surface area contributed by atoms with Crippen molar-refractivity contribution in [3.63, 3.8) is 0 Å². The molecule has 21 heavy (non-hydrogen) atoms. The quantitative estimate of drug-likeness (QED) is 0.838. The lowest BCUT2D eigenvalue weighted by molar-refractivity contribution is -0.206. The summed E-state index contributed by atoms with van der Waals surface area (Å²) in [4.78, 5) is 22.2. The van der Waals surface area contributed by atoms with Crippen LogP contribution in [0.3, 0.4) is 0 Å². The second kappa shape index (κ2) is 6.17. The minimum Gasteiger partial charge on any atom is -0.479 e. The molecule has 0 saturated carbocycles. The van der Waals surface area contributed by atoms with E-state index in [0.717, 1.165) is 6.08 Å². The molecule has 0 saturated heterocycles. The molecule has 0 aliphatic rings. The molecule has 0 radical (unpaired) electrons. The van der Waals surface area contributed by atoms with Crippen LogP contribution in [0.2, 0.25) is 5.02 Å². The number of rotatable bonds is 4. The van der Waals surface area contributed by atoms with Crippen molar-refractivity contribution in [3.05, 3.63) is 40.9 Å². The molecule has 1 aromatic rings. The van der Waals surface area contributed by atoms with Crippen molar-refractivity contribution in [1.29, 1.82) is 0 Å². The highest BCUT2D eigenvalue weighted by Crippen LogP contribution is 2.30. The summed E-state index contributed by atoms with van der Waals surface area (Å²) in [5.74, 6) is -3.38. The average molecular weight is 322 g/mol. The molecule has 1 unspecified atom stereocenters. The zero-order chi connectivity index (χ0) is 16.3. The number of nitrogens with one attached hydrogen (secondary N) is 1. The molecule has 0 aliphatic carbocycles. The molecule has 0 aliphatic heterocycles. The third-order valence-electron chi connectivity index (χ3n) is 2.64. The Labute approximate surface area is 123 Å². The maximum atomic E-state index is 12.7. The summed E-state index contributed by atoms with van der Waals surface area (Å²) >= 11 is 5.71. The number of hydrogen-bond donors (Lipinski definition) is 2. The third-order valence-corrected chi connectivity index (χ3v) is 2.88. The molecule has 1 amide bonds. The van der Waals surface area contributed by atoms with E-state index in [-0.39, 0.29) is 0 Å². The van der Waals surface area contributed by atoms with Crippen molar-refractivity contribution < 1.29 is 27.9 Å². The van der Waals surface area contributed by atoms with Crippen LogP contribution in [-0.4, -0.2) is 28.7 Å². The van der Waals surface area contributed by atoms with Gasteiger partial charge in [-0.25, -0.2) is 4.79 Å². The molecule has 0 heterocycles. The fraction of sp³-hybridized carbons (Fsp3) is 0.231. The number of carbonyl (C=O) groups is 2. The fourth-order valence-electron chi connectivity index (χ4n) is 1.32. The Hall–Kier alpha value is -2.02. The number of amides is 1. The van der Waals surface area contributed by atoms with Crippen molar-refractivity contribution >= 4 is 29.6 Å². The fourth-order valence-corrected chi connectivity index (χ4v) is 1.51. The van der Waals surface area contributed by atoms with Gasteiger partial charge in [-0.1, -0.05) is 23.7 Å². The number of carboxylic acid groups (broad SMARTS) is 1. The van der Waals surface area contributed by atoms with Gasteiger partial charge in [0.25, 0.3) is 0 Å². The minimum atomic E-state index is -5.13. The highest BCUT2D eigenvalue weighted by molar-refractivity contribution is 6.30. The van der Waals surface area contributed by atoms with E-state index in [0.29, 0.717) is 17.5 Å². The summed E-state index contributed by atoms with van der Waals surface area (Å²) in [6.07, 6.45) is -3.10. The molecular weight excluding hydrogens is 311 g/mol. The van der Waals surface area contributed by atoms with Crippen LogP contribution in [0, 0.1) is 0 Å². The first-order valence-corrected chi connectivity index (χ1v) is 6.00. The van der Waals surface area contributed by atoms with Crippen molar-refractivity contribution in [2.24, 2.45) is 0 Å². The van der Waals surface area contributed by atoms with E-state index in [1.807, 2.05) is 0 Å².